The molecule has 0 saturated heterocycles. The monoisotopic (exact) mass is 154 g/mol. The SMILES string of the molecule is O=c1[nH]c(=O)[s+]2ccc1c2. The molecule has 2 aromatic heterocycles. The highest BCUT2D eigenvalue weighted by molar-refractivity contribution is 7.24. The van der Waals surface area contributed by atoms with Crippen LogP contribution in [0, 0.1) is 0 Å². The van der Waals surface area contributed by atoms with Gasteiger partial charge in [-0.3, -0.25) is 4.79 Å². The summed E-state index contributed by atoms with van der Waals surface area (Å²) in [6.07, 6.45) is 0. The molecule has 1 atom stereocenters. The summed E-state index contributed by atoms with van der Waals surface area (Å²) in [6, 6.07) is 1.68. The van der Waals surface area contributed by atoms with E-state index in [1.807, 2.05) is 0 Å². The second-order valence-corrected chi connectivity index (χ2v) is 3.61. The Kier molecular flexibility index (Phi) is 0.935. The fourth-order valence-electron chi connectivity index (χ4n) is 0.830. The number of hydrogen-bond donors (Lipinski definition) is 1. The predicted octanol–water partition coefficient (Wildman–Crippen LogP) is 0.373. The molecule has 0 amide bonds. The number of nitrogens with one attached hydrogen (secondary N) is 1. The van der Waals surface area contributed by atoms with Crippen molar-refractivity contribution in [3.05, 3.63) is 36.8 Å². The summed E-state index contributed by atoms with van der Waals surface area (Å²) in [4.78, 5) is 23.7. The number of aromatic amines is 1. The van der Waals surface area contributed by atoms with Gasteiger partial charge in [0, 0.05) is 6.07 Å². The van der Waals surface area contributed by atoms with Crippen LogP contribution in [0.1, 0.15) is 0 Å². The topological polar surface area (TPSA) is 49.9 Å². The van der Waals surface area contributed by atoms with Gasteiger partial charge in [0.1, 0.15) is 5.38 Å². The Labute approximate surface area is 58.2 Å². The largest absolute Gasteiger partial charge is 0.462 e. The lowest BCUT2D eigenvalue weighted by molar-refractivity contribution is 1.25. The molecule has 3 nitrogen and oxygen atoms in total. The molecule has 50 valence electrons. The molecule has 0 saturated carbocycles. The molecule has 4 heteroatoms. The van der Waals surface area contributed by atoms with Crippen LogP contribution >= 0.6 is 10.3 Å². The Balaban J connectivity index is 3.24. The Bertz CT molecular complexity index is 416. The molecule has 10 heavy (non-hydrogen) atoms. The van der Waals surface area contributed by atoms with Crippen LogP contribution in [0.5, 0.6) is 0 Å². The van der Waals surface area contributed by atoms with E-state index in [1.54, 1.807) is 16.8 Å². The van der Waals surface area contributed by atoms with Crippen LogP contribution in [0.25, 0.3) is 5.39 Å². The molecular formula is C6H4NO2S+. The van der Waals surface area contributed by atoms with Crippen molar-refractivity contribution in [1.29, 1.82) is 0 Å². The molecule has 0 spiro atoms. The molecule has 0 aliphatic carbocycles. The van der Waals surface area contributed by atoms with Crippen LogP contribution in [0.15, 0.2) is 26.4 Å². The molecule has 1 N–H and O–H groups in total. The quantitative estimate of drug-likeness (QED) is 0.557. The minimum atomic E-state index is -0.456. The summed E-state index contributed by atoms with van der Waals surface area (Å²) in [6.45, 7) is 0. The zero-order chi connectivity index (χ0) is 7.14. The van der Waals surface area contributed by atoms with Gasteiger partial charge in [-0.25, -0.2) is 9.78 Å². The third kappa shape index (κ3) is 0.593. The zero-order valence-corrected chi connectivity index (χ0v) is 5.77. The lowest BCUT2D eigenvalue weighted by Crippen LogP contribution is -2.14. The molecular weight excluding hydrogens is 150 g/mol. The Morgan fingerprint density at radius 2 is 2.20 bits per heavy atom. The third-order valence-electron chi connectivity index (χ3n) is 1.34. The van der Waals surface area contributed by atoms with E-state index in [0.717, 1.165) is 0 Å². The van der Waals surface area contributed by atoms with Gasteiger partial charge in [-0.15, -0.1) is 0 Å². The van der Waals surface area contributed by atoms with Crippen molar-refractivity contribution in [2.75, 3.05) is 0 Å². The normalized spacial score (nSPS) is 12.6. The second kappa shape index (κ2) is 1.67. The van der Waals surface area contributed by atoms with Crippen molar-refractivity contribution in [2.45, 2.75) is 0 Å². The maximum absolute atomic E-state index is 10.8. The number of hydrogen-bond acceptors (Lipinski definition) is 2. The summed E-state index contributed by atoms with van der Waals surface area (Å²) >= 11 is 0. The van der Waals surface area contributed by atoms with E-state index in [-0.39, 0.29) is 10.4 Å². The van der Waals surface area contributed by atoms with Crippen LogP contribution in [0.2, 0.25) is 0 Å². The van der Waals surface area contributed by atoms with Gasteiger partial charge >= 0.3 is 4.87 Å². The molecule has 0 aliphatic rings. The third-order valence-corrected chi connectivity index (χ3v) is 2.81. The fraction of sp³-hybridized carbons (Fsp3) is 0. The molecule has 2 bridgehead atoms. The molecule has 2 aromatic rings. The van der Waals surface area contributed by atoms with E-state index >= 15 is 0 Å². The molecule has 0 aromatic carbocycles. The highest BCUT2D eigenvalue weighted by atomic mass is 32.2. The maximum atomic E-state index is 10.8. The van der Waals surface area contributed by atoms with Gasteiger partial charge in [0.25, 0.3) is 5.56 Å². The van der Waals surface area contributed by atoms with Gasteiger partial charge in [0.2, 0.25) is 0 Å². The van der Waals surface area contributed by atoms with Crippen LogP contribution in [0.3, 0.4) is 0 Å². The van der Waals surface area contributed by atoms with Crippen molar-refractivity contribution in [3.63, 3.8) is 0 Å². The van der Waals surface area contributed by atoms with Crippen LogP contribution in [-0.2, 0) is 0 Å². The van der Waals surface area contributed by atoms with Crippen molar-refractivity contribution >= 4 is 15.6 Å². The molecule has 2 heterocycles. The Hall–Kier alpha value is -1.16. The number of thiophene rings is 1. The lowest BCUT2D eigenvalue weighted by atomic mass is 10.5. The minimum absolute atomic E-state index is 0.192. The van der Waals surface area contributed by atoms with E-state index in [2.05, 4.69) is 4.98 Å². The first-order valence-corrected chi connectivity index (χ1v) is 4.10. The summed E-state index contributed by atoms with van der Waals surface area (Å²) < 4.78 is 0. The zero-order valence-electron chi connectivity index (χ0n) is 4.96. The highest BCUT2D eigenvalue weighted by Crippen LogP contribution is 2.09. The first-order chi connectivity index (χ1) is 4.77. The van der Waals surface area contributed by atoms with Gasteiger partial charge in [-0.1, -0.05) is 0 Å². The first-order valence-electron chi connectivity index (χ1n) is 2.74. The molecule has 0 aliphatic heterocycles. The average molecular weight is 154 g/mol. The van der Waals surface area contributed by atoms with Gasteiger partial charge in [0.05, 0.1) is 15.6 Å². The van der Waals surface area contributed by atoms with Crippen molar-refractivity contribution < 1.29 is 0 Å². The van der Waals surface area contributed by atoms with E-state index in [4.69, 9.17) is 0 Å². The smallest absolute Gasteiger partial charge is 0.268 e. The van der Waals surface area contributed by atoms with Gasteiger partial charge < -0.3 is 0 Å². The molecule has 0 fully saturated rings. The summed E-state index contributed by atoms with van der Waals surface area (Å²) in [5, 5.41) is 4.06. The van der Waals surface area contributed by atoms with E-state index in [9.17, 15) is 9.59 Å². The van der Waals surface area contributed by atoms with E-state index in [1.165, 1.54) is 0 Å². The van der Waals surface area contributed by atoms with Crippen molar-refractivity contribution in [3.8, 4) is 0 Å². The Morgan fingerprint density at radius 1 is 1.40 bits per heavy atom. The van der Waals surface area contributed by atoms with Crippen LogP contribution in [0.4, 0.5) is 0 Å². The number of fused-ring (bicyclic) bond motifs is 2. The van der Waals surface area contributed by atoms with Gasteiger partial charge in [-0.05, 0) is 0 Å². The lowest BCUT2D eigenvalue weighted by Gasteiger charge is -1.71. The van der Waals surface area contributed by atoms with E-state index in [0.29, 0.717) is 5.39 Å². The minimum Gasteiger partial charge on any atom is -0.268 e. The van der Waals surface area contributed by atoms with Crippen molar-refractivity contribution in [2.24, 2.45) is 0 Å². The average Bonchev–Trinajstić information content (AvgIpc) is 2.28. The standard InChI is InChI=1S/C6H3NO2S/c8-5-4-1-2-10(3-4)6(9)7-5/h1-3H/p+1. The predicted molar refractivity (Wildman–Crippen MR) is 40.0 cm³/mol. The van der Waals surface area contributed by atoms with E-state index < -0.39 is 10.3 Å². The van der Waals surface area contributed by atoms with Gasteiger partial charge in [0.15, 0.2) is 5.38 Å². The molecule has 2 rings (SSSR count). The van der Waals surface area contributed by atoms with Gasteiger partial charge in [-0.2, -0.15) is 0 Å². The number of rotatable bonds is 0. The highest BCUT2D eigenvalue weighted by Gasteiger charge is 2.08. The number of aromatic nitrogens is 1. The molecule has 0 radical (unpaired) electrons. The summed E-state index contributed by atoms with van der Waals surface area (Å²) in [7, 11) is -0.456. The first kappa shape index (κ1) is 5.61. The maximum Gasteiger partial charge on any atom is 0.462 e. The molecule has 1 unspecified atom stereocenters. The Morgan fingerprint density at radius 3 is 3.00 bits per heavy atom. The second-order valence-electron chi connectivity index (χ2n) is 1.99. The van der Waals surface area contributed by atoms with Crippen molar-refractivity contribution in [1.82, 2.24) is 4.98 Å². The fourth-order valence-corrected chi connectivity index (χ4v) is 2.10. The van der Waals surface area contributed by atoms with Crippen LogP contribution < -0.4 is 10.4 Å². The number of H-pyrrole nitrogens is 1. The summed E-state index contributed by atoms with van der Waals surface area (Å²) in [5.41, 5.74) is -0.275. The summed E-state index contributed by atoms with van der Waals surface area (Å²) in [5.74, 6) is 0. The van der Waals surface area contributed by atoms with Crippen LogP contribution in [-0.4, -0.2) is 4.98 Å².